The van der Waals surface area contributed by atoms with Crippen LogP contribution in [0, 0.1) is 0 Å². The van der Waals surface area contributed by atoms with Crippen molar-refractivity contribution in [3.8, 4) is 0 Å². The van der Waals surface area contributed by atoms with Gasteiger partial charge in [-0.25, -0.2) is 0 Å². The van der Waals surface area contributed by atoms with Crippen LogP contribution in [0.15, 0.2) is 9.85 Å². The largest absolute Gasteiger partial charge is 0.385 e. The van der Waals surface area contributed by atoms with Crippen molar-refractivity contribution < 1.29 is 9.84 Å². The van der Waals surface area contributed by atoms with Gasteiger partial charge in [-0.1, -0.05) is 11.6 Å². The summed E-state index contributed by atoms with van der Waals surface area (Å²) in [6, 6.07) is 1.80. The first-order valence-corrected chi connectivity index (χ1v) is 6.85. The minimum Gasteiger partial charge on any atom is -0.385 e. The summed E-state index contributed by atoms with van der Waals surface area (Å²) in [7, 11) is 0. The molecule has 1 aromatic heterocycles. The fourth-order valence-corrected chi connectivity index (χ4v) is 3.54. The van der Waals surface area contributed by atoms with Crippen LogP contribution in [-0.4, -0.2) is 17.3 Å². The molecule has 0 aliphatic carbocycles. The van der Waals surface area contributed by atoms with Crippen molar-refractivity contribution in [2.24, 2.45) is 0 Å². The molecule has 3 atom stereocenters. The van der Waals surface area contributed by atoms with Crippen LogP contribution in [0.5, 0.6) is 0 Å². The molecular formula is C10H12BrClO2S. The van der Waals surface area contributed by atoms with Crippen LogP contribution in [0.25, 0.3) is 0 Å². The third-order valence-electron chi connectivity index (χ3n) is 2.57. The number of aliphatic hydroxyl groups excluding tert-OH is 1. The van der Waals surface area contributed by atoms with E-state index in [-0.39, 0.29) is 12.2 Å². The lowest BCUT2D eigenvalue weighted by Gasteiger charge is -2.16. The first-order valence-electron chi connectivity index (χ1n) is 4.86. The lowest BCUT2D eigenvalue weighted by atomic mass is 10.1. The maximum absolute atomic E-state index is 10.1. The highest BCUT2D eigenvalue weighted by molar-refractivity contribution is 9.11. The molecular weight excluding hydrogens is 300 g/mol. The molecule has 2 nitrogen and oxygen atoms in total. The molecule has 1 aromatic rings. The van der Waals surface area contributed by atoms with E-state index in [0.717, 1.165) is 21.5 Å². The maximum atomic E-state index is 10.1. The first-order chi connectivity index (χ1) is 7.08. The number of ether oxygens (including phenoxy) is 1. The summed E-state index contributed by atoms with van der Waals surface area (Å²) in [5, 5.41) is 10.7. The van der Waals surface area contributed by atoms with Crippen LogP contribution in [-0.2, 0) is 4.74 Å². The topological polar surface area (TPSA) is 29.5 Å². The Hall–Kier alpha value is 0.390. The predicted molar refractivity (Wildman–Crippen MR) is 65.6 cm³/mol. The maximum Gasteiger partial charge on any atom is 0.114 e. The average molecular weight is 312 g/mol. The second kappa shape index (κ2) is 4.72. The lowest BCUT2D eigenvalue weighted by Crippen LogP contribution is -2.17. The summed E-state index contributed by atoms with van der Waals surface area (Å²) < 4.78 is 6.49. The second-order valence-corrected chi connectivity index (χ2v) is 6.59. The van der Waals surface area contributed by atoms with E-state index in [2.05, 4.69) is 15.9 Å². The number of rotatable bonds is 2. The van der Waals surface area contributed by atoms with Crippen molar-refractivity contribution in [3.63, 3.8) is 0 Å². The number of thiophene rings is 1. The molecule has 0 bridgehead atoms. The van der Waals surface area contributed by atoms with Crippen molar-refractivity contribution in [2.75, 3.05) is 0 Å². The molecule has 1 aliphatic heterocycles. The van der Waals surface area contributed by atoms with E-state index < -0.39 is 6.10 Å². The molecule has 0 amide bonds. The summed E-state index contributed by atoms with van der Waals surface area (Å²) in [6.45, 7) is 2.03. The Morgan fingerprint density at radius 3 is 2.87 bits per heavy atom. The van der Waals surface area contributed by atoms with Crippen molar-refractivity contribution in [2.45, 2.75) is 38.1 Å². The Labute approximate surface area is 106 Å². The molecule has 1 saturated heterocycles. The zero-order chi connectivity index (χ0) is 11.0. The van der Waals surface area contributed by atoms with E-state index in [1.807, 2.05) is 6.92 Å². The molecule has 5 heteroatoms. The minimum atomic E-state index is -0.552. The molecule has 0 saturated carbocycles. The van der Waals surface area contributed by atoms with Crippen LogP contribution in [0.2, 0.25) is 5.02 Å². The molecule has 1 fully saturated rings. The highest BCUT2D eigenvalue weighted by atomic mass is 79.9. The first kappa shape index (κ1) is 11.9. The summed E-state index contributed by atoms with van der Waals surface area (Å²) in [5.74, 6) is 0. The second-order valence-electron chi connectivity index (χ2n) is 3.78. The van der Waals surface area contributed by atoms with Gasteiger partial charge in [0.05, 0.1) is 21.0 Å². The number of hydrogen-bond donors (Lipinski definition) is 1. The van der Waals surface area contributed by atoms with E-state index in [1.54, 1.807) is 6.07 Å². The van der Waals surface area contributed by atoms with Gasteiger partial charge in [-0.15, -0.1) is 11.3 Å². The third-order valence-corrected chi connectivity index (χ3v) is 5.12. The van der Waals surface area contributed by atoms with E-state index in [0.29, 0.717) is 5.02 Å². The van der Waals surface area contributed by atoms with Gasteiger partial charge >= 0.3 is 0 Å². The Morgan fingerprint density at radius 1 is 1.67 bits per heavy atom. The molecule has 0 spiro atoms. The molecule has 0 radical (unpaired) electrons. The molecule has 3 unspecified atom stereocenters. The van der Waals surface area contributed by atoms with E-state index >= 15 is 0 Å². The highest BCUT2D eigenvalue weighted by Gasteiger charge is 2.30. The Bertz CT molecular complexity index is 336. The van der Waals surface area contributed by atoms with Crippen LogP contribution in [0.1, 0.15) is 30.7 Å². The van der Waals surface area contributed by atoms with Crippen LogP contribution >= 0.6 is 38.9 Å². The molecule has 1 aliphatic rings. The molecule has 2 heterocycles. The standard InChI is InChI=1S/C10H12BrClO2S/c1-5-2-3-7(14-5)9(13)8-4-6(12)10(11)15-8/h4-5,7,9,13H,2-3H2,1H3. The van der Waals surface area contributed by atoms with E-state index in [1.165, 1.54) is 11.3 Å². The SMILES string of the molecule is CC1CCC(C(O)c2cc(Cl)c(Br)s2)O1. The van der Waals surface area contributed by atoms with Gasteiger partial charge in [-0.2, -0.15) is 0 Å². The molecule has 2 rings (SSSR count). The van der Waals surface area contributed by atoms with Crippen molar-refractivity contribution in [1.29, 1.82) is 0 Å². The zero-order valence-corrected chi connectivity index (χ0v) is 11.4. The smallest absolute Gasteiger partial charge is 0.114 e. The molecule has 0 aromatic carbocycles. The van der Waals surface area contributed by atoms with Crippen molar-refractivity contribution in [1.82, 2.24) is 0 Å². The van der Waals surface area contributed by atoms with Crippen molar-refractivity contribution in [3.05, 3.63) is 19.8 Å². The van der Waals surface area contributed by atoms with Gasteiger partial charge in [-0.05, 0) is 41.8 Å². The van der Waals surface area contributed by atoms with Gasteiger partial charge in [-0.3, -0.25) is 0 Å². The van der Waals surface area contributed by atoms with Crippen LogP contribution in [0.4, 0.5) is 0 Å². The van der Waals surface area contributed by atoms with Crippen molar-refractivity contribution >= 4 is 38.9 Å². The Balaban J connectivity index is 2.10. The number of halogens is 2. The number of aliphatic hydroxyl groups is 1. The minimum absolute atomic E-state index is 0.0818. The van der Waals surface area contributed by atoms with E-state index in [4.69, 9.17) is 16.3 Å². The lowest BCUT2D eigenvalue weighted by molar-refractivity contribution is -0.0282. The predicted octanol–water partition coefficient (Wildman–Crippen LogP) is 3.76. The monoisotopic (exact) mass is 310 g/mol. The quantitative estimate of drug-likeness (QED) is 0.901. The van der Waals surface area contributed by atoms with Gasteiger partial charge in [0.15, 0.2) is 0 Å². The summed E-state index contributed by atoms with van der Waals surface area (Å²) in [4.78, 5) is 0.867. The fraction of sp³-hybridized carbons (Fsp3) is 0.600. The van der Waals surface area contributed by atoms with Crippen LogP contribution in [0.3, 0.4) is 0 Å². The average Bonchev–Trinajstić information content (AvgIpc) is 2.74. The molecule has 1 N–H and O–H groups in total. The molecule has 15 heavy (non-hydrogen) atoms. The summed E-state index contributed by atoms with van der Waals surface area (Å²) >= 11 is 10.7. The number of hydrogen-bond acceptors (Lipinski definition) is 3. The summed E-state index contributed by atoms with van der Waals surface area (Å²) in [6.07, 6.45) is 1.55. The zero-order valence-electron chi connectivity index (χ0n) is 8.24. The fourth-order valence-electron chi connectivity index (χ4n) is 1.76. The van der Waals surface area contributed by atoms with Crippen LogP contribution < -0.4 is 0 Å². The van der Waals surface area contributed by atoms with Gasteiger partial charge in [0, 0.05) is 4.88 Å². The third kappa shape index (κ3) is 2.56. The van der Waals surface area contributed by atoms with Gasteiger partial charge in [0.2, 0.25) is 0 Å². The molecule has 84 valence electrons. The Morgan fingerprint density at radius 2 is 2.40 bits per heavy atom. The van der Waals surface area contributed by atoms with E-state index in [9.17, 15) is 5.11 Å². The normalized spacial score (nSPS) is 28.3. The summed E-state index contributed by atoms with van der Waals surface area (Å²) in [5.41, 5.74) is 0. The van der Waals surface area contributed by atoms with Gasteiger partial charge in [0.25, 0.3) is 0 Å². The Kier molecular flexibility index (Phi) is 3.73. The highest BCUT2D eigenvalue weighted by Crippen LogP contribution is 2.39. The van der Waals surface area contributed by atoms with Gasteiger partial charge < -0.3 is 9.84 Å². The van der Waals surface area contributed by atoms with Gasteiger partial charge in [0.1, 0.15) is 6.10 Å².